The van der Waals surface area contributed by atoms with Crippen molar-refractivity contribution in [2.45, 2.75) is 13.0 Å². The Hall–Kier alpha value is -1.25. The van der Waals surface area contributed by atoms with Gasteiger partial charge in [0.25, 0.3) is 0 Å². The molecular formula is C8H5BrF5NO2. The van der Waals surface area contributed by atoms with Gasteiger partial charge < -0.3 is 15.2 Å². The number of nitrogens with two attached hydrogens (primary N) is 1. The van der Waals surface area contributed by atoms with Crippen LogP contribution in [0.15, 0.2) is 16.6 Å². The Morgan fingerprint density at radius 2 is 1.82 bits per heavy atom. The molecule has 0 bridgehead atoms. The topological polar surface area (TPSA) is 44.5 Å². The van der Waals surface area contributed by atoms with Crippen molar-refractivity contribution in [3.8, 4) is 11.5 Å². The molecular weight excluding hydrogens is 317 g/mol. The zero-order valence-corrected chi connectivity index (χ0v) is 9.48. The predicted octanol–water partition coefficient (Wildman–Crippen LogP) is 3.53. The lowest BCUT2D eigenvalue weighted by Crippen LogP contribution is -2.18. The molecule has 0 amide bonds. The molecule has 0 aliphatic heterocycles. The largest absolute Gasteiger partial charge is 0.573 e. The van der Waals surface area contributed by atoms with Crippen molar-refractivity contribution >= 4 is 21.6 Å². The summed E-state index contributed by atoms with van der Waals surface area (Å²) in [5.74, 6) is -1.42. The Labute approximate surface area is 100 Å². The molecule has 0 saturated heterocycles. The molecule has 0 saturated carbocycles. The van der Waals surface area contributed by atoms with Gasteiger partial charge in [0.15, 0.2) is 11.5 Å². The molecule has 9 heteroatoms. The van der Waals surface area contributed by atoms with E-state index in [1.807, 2.05) is 0 Å². The van der Waals surface area contributed by atoms with Crippen LogP contribution in [0.4, 0.5) is 27.6 Å². The number of benzene rings is 1. The molecule has 0 atom stereocenters. The minimum Gasteiger partial charge on any atom is -0.431 e. The van der Waals surface area contributed by atoms with Gasteiger partial charge in [0.1, 0.15) is 5.69 Å². The first kappa shape index (κ1) is 13.8. The molecule has 17 heavy (non-hydrogen) atoms. The first-order valence-electron chi connectivity index (χ1n) is 3.99. The van der Waals surface area contributed by atoms with Crippen LogP contribution in [-0.4, -0.2) is 13.0 Å². The van der Waals surface area contributed by atoms with Crippen LogP contribution in [0.25, 0.3) is 0 Å². The number of hydrogen-bond acceptors (Lipinski definition) is 3. The first-order chi connectivity index (χ1) is 7.70. The summed E-state index contributed by atoms with van der Waals surface area (Å²) >= 11 is 2.81. The number of rotatable bonds is 3. The van der Waals surface area contributed by atoms with Gasteiger partial charge in [0, 0.05) is 0 Å². The number of anilines is 1. The lowest BCUT2D eigenvalue weighted by molar-refractivity contribution is -0.274. The summed E-state index contributed by atoms with van der Waals surface area (Å²) in [6.45, 7) is -3.21. The first-order valence-corrected chi connectivity index (χ1v) is 4.78. The van der Waals surface area contributed by atoms with E-state index in [1.165, 1.54) is 0 Å². The minimum atomic E-state index is -4.97. The summed E-state index contributed by atoms with van der Waals surface area (Å²) in [7, 11) is 0. The summed E-state index contributed by atoms with van der Waals surface area (Å²) < 4.78 is 67.3. The third-order valence-corrected chi connectivity index (χ3v) is 2.17. The lowest BCUT2D eigenvalue weighted by Gasteiger charge is -2.15. The molecule has 1 aromatic rings. The number of halogens is 6. The quantitative estimate of drug-likeness (QED) is 0.684. The van der Waals surface area contributed by atoms with Crippen LogP contribution in [0, 0.1) is 0 Å². The SMILES string of the molecule is Nc1c(OC(F)(F)F)ccc(Br)c1OC(F)F. The fourth-order valence-electron chi connectivity index (χ4n) is 0.977. The van der Waals surface area contributed by atoms with Gasteiger partial charge in [-0.3, -0.25) is 0 Å². The molecule has 96 valence electrons. The van der Waals surface area contributed by atoms with E-state index < -0.39 is 30.2 Å². The summed E-state index contributed by atoms with van der Waals surface area (Å²) in [6, 6.07) is 1.93. The van der Waals surface area contributed by atoms with Crippen molar-refractivity contribution in [3.05, 3.63) is 16.6 Å². The lowest BCUT2D eigenvalue weighted by atomic mass is 10.3. The van der Waals surface area contributed by atoms with Gasteiger partial charge in [-0.25, -0.2) is 0 Å². The van der Waals surface area contributed by atoms with Crippen LogP contribution in [0.2, 0.25) is 0 Å². The zero-order chi connectivity index (χ0) is 13.2. The van der Waals surface area contributed by atoms with E-state index in [2.05, 4.69) is 25.4 Å². The van der Waals surface area contributed by atoms with Crippen LogP contribution in [0.3, 0.4) is 0 Å². The van der Waals surface area contributed by atoms with Gasteiger partial charge in [-0.05, 0) is 28.1 Å². The number of alkyl halides is 5. The second-order valence-corrected chi connectivity index (χ2v) is 3.57. The summed E-state index contributed by atoms with van der Waals surface area (Å²) in [4.78, 5) is 0. The molecule has 0 aromatic heterocycles. The molecule has 0 fully saturated rings. The van der Waals surface area contributed by atoms with Crippen molar-refractivity contribution in [2.24, 2.45) is 0 Å². The van der Waals surface area contributed by atoms with E-state index >= 15 is 0 Å². The minimum absolute atomic E-state index is 0.00942. The highest BCUT2D eigenvalue weighted by molar-refractivity contribution is 9.10. The van der Waals surface area contributed by atoms with Crippen molar-refractivity contribution in [1.29, 1.82) is 0 Å². The molecule has 3 nitrogen and oxygen atoms in total. The maximum Gasteiger partial charge on any atom is 0.573 e. The van der Waals surface area contributed by atoms with Crippen LogP contribution in [-0.2, 0) is 0 Å². The van der Waals surface area contributed by atoms with Crippen molar-refractivity contribution in [3.63, 3.8) is 0 Å². The number of ether oxygens (including phenoxy) is 2. The Morgan fingerprint density at radius 1 is 1.24 bits per heavy atom. The highest BCUT2D eigenvalue weighted by Crippen LogP contribution is 2.40. The predicted molar refractivity (Wildman–Crippen MR) is 51.9 cm³/mol. The summed E-state index contributed by atoms with van der Waals surface area (Å²) in [5, 5.41) is 0. The second kappa shape index (κ2) is 4.94. The molecule has 0 heterocycles. The Kier molecular flexibility index (Phi) is 4.02. The molecule has 1 aromatic carbocycles. The molecule has 0 radical (unpaired) electrons. The van der Waals surface area contributed by atoms with E-state index in [9.17, 15) is 22.0 Å². The molecule has 0 aliphatic rings. The van der Waals surface area contributed by atoms with Crippen LogP contribution < -0.4 is 15.2 Å². The molecule has 1 rings (SSSR count). The van der Waals surface area contributed by atoms with Crippen LogP contribution in [0.5, 0.6) is 11.5 Å². The van der Waals surface area contributed by atoms with Gasteiger partial charge >= 0.3 is 13.0 Å². The summed E-state index contributed by atoms with van der Waals surface area (Å²) in [5.41, 5.74) is 4.56. The Bertz CT molecular complexity index is 410. The van der Waals surface area contributed by atoms with E-state index in [0.717, 1.165) is 12.1 Å². The maximum atomic E-state index is 12.0. The van der Waals surface area contributed by atoms with Crippen molar-refractivity contribution in [2.75, 3.05) is 5.73 Å². The van der Waals surface area contributed by atoms with Crippen molar-refractivity contribution < 1.29 is 31.4 Å². The average molecular weight is 322 g/mol. The number of nitrogen functional groups attached to an aromatic ring is 1. The second-order valence-electron chi connectivity index (χ2n) is 2.71. The highest BCUT2D eigenvalue weighted by atomic mass is 79.9. The molecule has 2 N–H and O–H groups in total. The van der Waals surface area contributed by atoms with Gasteiger partial charge in [-0.1, -0.05) is 0 Å². The van der Waals surface area contributed by atoms with E-state index in [1.54, 1.807) is 0 Å². The van der Waals surface area contributed by atoms with Crippen LogP contribution >= 0.6 is 15.9 Å². The molecule has 0 aliphatic carbocycles. The third kappa shape index (κ3) is 3.91. The van der Waals surface area contributed by atoms with Crippen LogP contribution in [0.1, 0.15) is 0 Å². The maximum absolute atomic E-state index is 12.0. The Morgan fingerprint density at radius 3 is 2.29 bits per heavy atom. The highest BCUT2D eigenvalue weighted by Gasteiger charge is 2.33. The standard InChI is InChI=1S/C8H5BrF5NO2/c9-3-1-2-4(17-8(12,13)14)5(15)6(3)16-7(10)11/h1-2,7H,15H2. The van der Waals surface area contributed by atoms with Gasteiger partial charge in [0.2, 0.25) is 0 Å². The fourth-order valence-corrected chi connectivity index (χ4v) is 1.42. The van der Waals surface area contributed by atoms with Gasteiger partial charge in [-0.2, -0.15) is 8.78 Å². The van der Waals surface area contributed by atoms with Crippen molar-refractivity contribution in [1.82, 2.24) is 0 Å². The third-order valence-electron chi connectivity index (χ3n) is 1.54. The molecule has 0 spiro atoms. The van der Waals surface area contributed by atoms with E-state index in [-0.39, 0.29) is 4.47 Å². The fraction of sp³-hybridized carbons (Fsp3) is 0.250. The summed E-state index contributed by atoms with van der Waals surface area (Å²) in [6.07, 6.45) is -4.97. The Balaban J connectivity index is 3.10. The smallest absolute Gasteiger partial charge is 0.431 e. The van der Waals surface area contributed by atoms with E-state index in [0.29, 0.717) is 0 Å². The molecule has 0 unspecified atom stereocenters. The van der Waals surface area contributed by atoms with Gasteiger partial charge in [0.05, 0.1) is 4.47 Å². The van der Waals surface area contributed by atoms with E-state index in [4.69, 9.17) is 5.73 Å². The monoisotopic (exact) mass is 321 g/mol. The number of hydrogen-bond donors (Lipinski definition) is 1. The van der Waals surface area contributed by atoms with Gasteiger partial charge in [-0.15, -0.1) is 13.2 Å². The normalized spacial score (nSPS) is 11.7. The zero-order valence-electron chi connectivity index (χ0n) is 7.89. The average Bonchev–Trinajstić information content (AvgIpc) is 2.15.